The van der Waals surface area contributed by atoms with Crippen LogP contribution in [0.25, 0.3) is 21.8 Å². The molecule has 1 aromatic carbocycles. The summed E-state index contributed by atoms with van der Waals surface area (Å²) in [6, 6.07) is 11.7. The van der Waals surface area contributed by atoms with Crippen LogP contribution in [0.15, 0.2) is 48.8 Å². The molecule has 0 aliphatic rings. The zero-order chi connectivity index (χ0) is 15.4. The van der Waals surface area contributed by atoms with Crippen molar-refractivity contribution in [3.8, 4) is 0 Å². The second-order valence-corrected chi connectivity index (χ2v) is 4.61. The summed E-state index contributed by atoms with van der Waals surface area (Å²) in [5.74, 6) is -0.607. The first-order valence-electron chi connectivity index (χ1n) is 6.66. The zero-order valence-corrected chi connectivity index (χ0v) is 11.6. The molecule has 3 aromatic rings. The number of rotatable bonds is 5. The fourth-order valence-corrected chi connectivity index (χ4v) is 2.30. The Morgan fingerprint density at radius 1 is 1.18 bits per heavy atom. The van der Waals surface area contributed by atoms with Crippen LogP contribution in [-0.4, -0.2) is 24.0 Å². The van der Waals surface area contributed by atoms with Gasteiger partial charge in [0.15, 0.2) is 12.8 Å². The van der Waals surface area contributed by atoms with Gasteiger partial charge in [-0.15, -0.1) is 0 Å². The molecule has 0 radical (unpaired) electrons. The van der Waals surface area contributed by atoms with E-state index in [0.29, 0.717) is 0 Å². The number of aromatic nitrogens is 2. The average molecular weight is 297 g/mol. The first-order chi connectivity index (χ1) is 10.8. The SMILES string of the molecule is O=COCC(=O)OC[n+]1cccc2ccc3cccnc3c21. The fraction of sp³-hybridized carbons (Fsp3) is 0.125. The van der Waals surface area contributed by atoms with Gasteiger partial charge >= 0.3 is 5.97 Å². The van der Waals surface area contributed by atoms with E-state index in [1.54, 1.807) is 10.8 Å². The van der Waals surface area contributed by atoms with Crippen LogP contribution < -0.4 is 4.57 Å². The number of pyridine rings is 2. The van der Waals surface area contributed by atoms with E-state index < -0.39 is 12.6 Å². The van der Waals surface area contributed by atoms with Crippen LogP contribution >= 0.6 is 0 Å². The molecule has 0 saturated carbocycles. The number of nitrogens with zero attached hydrogens (tertiary/aromatic N) is 2. The molecule has 0 atom stereocenters. The summed E-state index contributed by atoms with van der Waals surface area (Å²) in [6.07, 6.45) is 3.54. The molecule has 0 aliphatic carbocycles. The molecular weight excluding hydrogens is 284 g/mol. The van der Waals surface area contributed by atoms with Gasteiger partial charge in [0.2, 0.25) is 5.52 Å². The standard InChI is InChI=1S/C16H13N2O4/c19-11-21-9-14(20)22-10-18-8-2-4-13-6-5-12-3-1-7-17-15(12)16(13)18/h1-8,11H,9-10H2/q+1. The average Bonchev–Trinajstić information content (AvgIpc) is 2.57. The van der Waals surface area contributed by atoms with Crippen LogP contribution in [0.5, 0.6) is 0 Å². The minimum atomic E-state index is -0.607. The van der Waals surface area contributed by atoms with Crippen molar-refractivity contribution in [1.82, 2.24) is 4.98 Å². The van der Waals surface area contributed by atoms with Gasteiger partial charge in [0.25, 0.3) is 13.2 Å². The number of esters is 1. The summed E-state index contributed by atoms with van der Waals surface area (Å²) in [7, 11) is 0. The van der Waals surface area contributed by atoms with Crippen LogP contribution in [0.1, 0.15) is 0 Å². The number of ether oxygens (including phenoxy) is 2. The Hall–Kier alpha value is -3.02. The van der Waals surface area contributed by atoms with E-state index in [4.69, 9.17) is 4.74 Å². The van der Waals surface area contributed by atoms with Crippen LogP contribution in [0.4, 0.5) is 0 Å². The molecule has 2 aromatic heterocycles. The van der Waals surface area contributed by atoms with E-state index in [0.717, 1.165) is 21.8 Å². The van der Waals surface area contributed by atoms with Gasteiger partial charge in [-0.3, -0.25) is 4.79 Å². The number of fused-ring (bicyclic) bond motifs is 3. The monoisotopic (exact) mass is 297 g/mol. The summed E-state index contributed by atoms with van der Waals surface area (Å²) in [6.45, 7) is -0.161. The fourth-order valence-electron chi connectivity index (χ4n) is 2.30. The van der Waals surface area contributed by atoms with Crippen molar-refractivity contribution < 1.29 is 23.6 Å². The van der Waals surface area contributed by atoms with Crippen molar-refractivity contribution in [2.75, 3.05) is 6.61 Å². The molecule has 3 rings (SSSR count). The van der Waals surface area contributed by atoms with Gasteiger partial charge in [-0.05, 0) is 18.2 Å². The van der Waals surface area contributed by atoms with Gasteiger partial charge in [0, 0.05) is 23.0 Å². The summed E-state index contributed by atoms with van der Waals surface area (Å²) < 4.78 is 11.3. The predicted octanol–water partition coefficient (Wildman–Crippen LogP) is 1.35. The lowest BCUT2D eigenvalue weighted by molar-refractivity contribution is -0.703. The Morgan fingerprint density at radius 3 is 2.86 bits per heavy atom. The maximum Gasteiger partial charge on any atom is 0.349 e. The molecule has 110 valence electrons. The maximum atomic E-state index is 11.4. The normalized spacial score (nSPS) is 10.5. The Kier molecular flexibility index (Phi) is 3.91. The number of hydrogen-bond donors (Lipinski definition) is 0. The molecule has 0 N–H and O–H groups in total. The van der Waals surface area contributed by atoms with Gasteiger partial charge in [-0.1, -0.05) is 12.1 Å². The van der Waals surface area contributed by atoms with Crippen molar-refractivity contribution >= 4 is 34.2 Å². The smallest absolute Gasteiger partial charge is 0.349 e. The summed E-state index contributed by atoms with van der Waals surface area (Å²) in [5.41, 5.74) is 1.71. The Bertz CT molecular complexity index is 848. The largest absolute Gasteiger partial charge is 0.456 e. The van der Waals surface area contributed by atoms with Crippen molar-refractivity contribution in [2.24, 2.45) is 0 Å². The van der Waals surface area contributed by atoms with Gasteiger partial charge in [0.05, 0.1) is 0 Å². The van der Waals surface area contributed by atoms with Gasteiger partial charge in [-0.2, -0.15) is 4.57 Å². The van der Waals surface area contributed by atoms with Crippen LogP contribution in [0.2, 0.25) is 0 Å². The molecule has 6 nitrogen and oxygen atoms in total. The lowest BCUT2D eigenvalue weighted by atomic mass is 10.1. The zero-order valence-electron chi connectivity index (χ0n) is 11.6. The highest BCUT2D eigenvalue weighted by atomic mass is 16.6. The third kappa shape index (κ3) is 2.71. The second kappa shape index (κ2) is 6.17. The highest BCUT2D eigenvalue weighted by Crippen LogP contribution is 2.20. The molecule has 2 heterocycles. The summed E-state index contributed by atoms with van der Waals surface area (Å²) in [4.78, 5) is 25.9. The Balaban J connectivity index is 1.97. The van der Waals surface area contributed by atoms with E-state index in [9.17, 15) is 9.59 Å². The molecule has 0 fully saturated rings. The lowest BCUT2D eigenvalue weighted by Gasteiger charge is -2.05. The third-order valence-electron chi connectivity index (χ3n) is 3.24. The van der Waals surface area contributed by atoms with Gasteiger partial charge in [0.1, 0.15) is 5.52 Å². The first-order valence-corrected chi connectivity index (χ1v) is 6.66. The van der Waals surface area contributed by atoms with Crippen LogP contribution in [-0.2, 0) is 25.8 Å². The molecular formula is C16H13N2O4+. The Labute approximate surface area is 125 Å². The minimum absolute atomic E-state index is 0.0219. The van der Waals surface area contributed by atoms with E-state index >= 15 is 0 Å². The molecule has 0 bridgehead atoms. The summed E-state index contributed by atoms with van der Waals surface area (Å²) >= 11 is 0. The molecule has 22 heavy (non-hydrogen) atoms. The molecule has 0 saturated heterocycles. The van der Waals surface area contributed by atoms with Crippen molar-refractivity contribution in [3.05, 3.63) is 48.8 Å². The number of carbonyl (C=O) groups is 2. The quantitative estimate of drug-likeness (QED) is 0.308. The number of carbonyl (C=O) groups excluding carboxylic acids is 2. The maximum absolute atomic E-state index is 11.4. The Morgan fingerprint density at radius 2 is 2.00 bits per heavy atom. The first kappa shape index (κ1) is 13.9. The van der Waals surface area contributed by atoms with E-state index in [1.165, 1.54) is 0 Å². The highest BCUT2D eigenvalue weighted by molar-refractivity contribution is 6.00. The van der Waals surface area contributed by atoms with E-state index in [-0.39, 0.29) is 13.2 Å². The highest BCUT2D eigenvalue weighted by Gasteiger charge is 2.15. The van der Waals surface area contributed by atoms with E-state index in [2.05, 4.69) is 9.72 Å². The topological polar surface area (TPSA) is 69.4 Å². The molecule has 0 unspecified atom stereocenters. The van der Waals surface area contributed by atoms with Gasteiger partial charge < -0.3 is 9.47 Å². The van der Waals surface area contributed by atoms with Crippen molar-refractivity contribution in [1.29, 1.82) is 0 Å². The minimum Gasteiger partial charge on any atom is -0.456 e. The second-order valence-electron chi connectivity index (χ2n) is 4.61. The molecule has 0 spiro atoms. The van der Waals surface area contributed by atoms with Crippen molar-refractivity contribution in [2.45, 2.75) is 6.73 Å². The van der Waals surface area contributed by atoms with Crippen LogP contribution in [0.3, 0.4) is 0 Å². The summed E-state index contributed by atoms with van der Waals surface area (Å²) in [5, 5.41) is 2.00. The lowest BCUT2D eigenvalue weighted by Crippen LogP contribution is -2.37. The van der Waals surface area contributed by atoms with Crippen LogP contribution in [0, 0.1) is 0 Å². The third-order valence-corrected chi connectivity index (χ3v) is 3.24. The van der Waals surface area contributed by atoms with E-state index in [1.807, 2.05) is 42.6 Å². The van der Waals surface area contributed by atoms with Gasteiger partial charge in [-0.25, -0.2) is 9.78 Å². The van der Waals surface area contributed by atoms with Crippen molar-refractivity contribution in [3.63, 3.8) is 0 Å². The molecule has 0 amide bonds. The number of hydrogen-bond acceptors (Lipinski definition) is 5. The molecule has 6 heteroatoms. The predicted molar refractivity (Wildman–Crippen MR) is 77.6 cm³/mol. The molecule has 0 aliphatic heterocycles. The number of benzene rings is 1.